The van der Waals surface area contributed by atoms with Gasteiger partial charge < -0.3 is 15.0 Å². The molecule has 1 aromatic carbocycles. The Balaban J connectivity index is 2.15. The molecule has 5 nitrogen and oxygen atoms in total. The minimum absolute atomic E-state index is 0.203. The highest BCUT2D eigenvalue weighted by Crippen LogP contribution is 2.24. The minimum atomic E-state index is -0.250. The number of carbonyl (C=O) groups excluding carboxylic acids is 1. The molecule has 1 atom stereocenters. The van der Waals surface area contributed by atoms with Crippen LogP contribution in [-0.4, -0.2) is 18.0 Å². The fraction of sp³-hybridized carbons (Fsp3) is 0.200. The molecule has 1 heterocycles. The number of pyridine rings is 1. The number of amides is 1. The molecule has 20 heavy (non-hydrogen) atoms. The van der Waals surface area contributed by atoms with E-state index < -0.39 is 0 Å². The number of benzene rings is 1. The van der Waals surface area contributed by atoms with E-state index in [0.717, 1.165) is 11.3 Å². The molecule has 0 aliphatic heterocycles. The van der Waals surface area contributed by atoms with Crippen LogP contribution < -0.4 is 15.6 Å². The Labute approximate surface area is 116 Å². The van der Waals surface area contributed by atoms with Gasteiger partial charge in [0.15, 0.2) is 0 Å². The van der Waals surface area contributed by atoms with Crippen LogP contribution in [0.25, 0.3) is 0 Å². The van der Waals surface area contributed by atoms with Crippen molar-refractivity contribution in [1.29, 1.82) is 0 Å². The highest BCUT2D eigenvalue weighted by atomic mass is 16.5. The highest BCUT2D eigenvalue weighted by Gasteiger charge is 2.14. The Morgan fingerprint density at radius 3 is 2.65 bits per heavy atom. The maximum Gasteiger partial charge on any atom is 0.253 e. The van der Waals surface area contributed by atoms with E-state index in [2.05, 4.69) is 10.3 Å². The molecule has 0 unspecified atom stereocenters. The summed E-state index contributed by atoms with van der Waals surface area (Å²) < 4.78 is 5.27. The summed E-state index contributed by atoms with van der Waals surface area (Å²) in [5.41, 5.74) is 1.07. The predicted octanol–water partition coefficient (Wildman–Crippen LogP) is 1.87. The summed E-state index contributed by atoms with van der Waals surface area (Å²) in [5, 5.41) is 2.87. The van der Waals surface area contributed by atoms with E-state index >= 15 is 0 Å². The number of aromatic amines is 1. The van der Waals surface area contributed by atoms with Crippen molar-refractivity contribution in [2.24, 2.45) is 0 Å². The van der Waals surface area contributed by atoms with Gasteiger partial charge >= 0.3 is 0 Å². The first kappa shape index (κ1) is 13.9. The highest BCUT2D eigenvalue weighted by molar-refractivity contribution is 5.94. The zero-order chi connectivity index (χ0) is 14.5. The third-order valence-corrected chi connectivity index (χ3v) is 3.00. The number of nitrogens with one attached hydrogen (secondary N) is 2. The van der Waals surface area contributed by atoms with Gasteiger partial charge in [-0.2, -0.15) is 0 Å². The molecule has 2 N–H and O–H groups in total. The van der Waals surface area contributed by atoms with Gasteiger partial charge in [-0.3, -0.25) is 9.59 Å². The van der Waals surface area contributed by atoms with E-state index in [1.54, 1.807) is 7.11 Å². The third kappa shape index (κ3) is 3.06. The fourth-order valence-corrected chi connectivity index (χ4v) is 1.93. The molecule has 0 saturated heterocycles. The van der Waals surface area contributed by atoms with Crippen molar-refractivity contribution in [2.45, 2.75) is 13.0 Å². The molecule has 0 radical (unpaired) electrons. The molecular formula is C15H16N2O3. The first-order valence-corrected chi connectivity index (χ1v) is 6.24. The maximum absolute atomic E-state index is 12.1. The van der Waals surface area contributed by atoms with Crippen molar-refractivity contribution in [2.75, 3.05) is 7.11 Å². The van der Waals surface area contributed by atoms with E-state index in [1.807, 2.05) is 31.2 Å². The van der Waals surface area contributed by atoms with Crippen molar-refractivity contribution >= 4 is 5.91 Å². The molecule has 2 rings (SSSR count). The average Bonchev–Trinajstić information content (AvgIpc) is 2.47. The lowest BCUT2D eigenvalue weighted by atomic mass is 10.1. The van der Waals surface area contributed by atoms with Gasteiger partial charge in [0, 0.05) is 17.8 Å². The van der Waals surface area contributed by atoms with Crippen LogP contribution in [0.15, 0.2) is 47.4 Å². The van der Waals surface area contributed by atoms with E-state index in [-0.39, 0.29) is 17.5 Å². The molecule has 0 saturated carbocycles. The van der Waals surface area contributed by atoms with Crippen LogP contribution in [0.4, 0.5) is 0 Å². The summed E-state index contributed by atoms with van der Waals surface area (Å²) in [6.45, 7) is 1.88. The smallest absolute Gasteiger partial charge is 0.253 e. The number of ether oxygens (including phenoxy) is 1. The van der Waals surface area contributed by atoms with Gasteiger partial charge in [0.2, 0.25) is 5.56 Å². The number of hydrogen-bond acceptors (Lipinski definition) is 3. The van der Waals surface area contributed by atoms with Crippen molar-refractivity contribution in [1.82, 2.24) is 10.3 Å². The van der Waals surface area contributed by atoms with Gasteiger partial charge in [0.05, 0.1) is 18.7 Å². The van der Waals surface area contributed by atoms with Crippen LogP contribution in [0.3, 0.4) is 0 Å². The maximum atomic E-state index is 12.1. The molecule has 5 heteroatoms. The van der Waals surface area contributed by atoms with Crippen LogP contribution in [0.1, 0.15) is 28.9 Å². The quantitative estimate of drug-likeness (QED) is 0.892. The number of methoxy groups -OCH3 is 1. The van der Waals surface area contributed by atoms with Crippen molar-refractivity contribution in [3.05, 3.63) is 64.1 Å². The summed E-state index contributed by atoms with van der Waals surface area (Å²) in [6.07, 6.45) is 1.40. The molecule has 1 aromatic heterocycles. The Morgan fingerprint density at radius 1 is 1.25 bits per heavy atom. The van der Waals surface area contributed by atoms with Crippen LogP contribution >= 0.6 is 0 Å². The van der Waals surface area contributed by atoms with Gasteiger partial charge in [-0.25, -0.2) is 0 Å². The summed E-state index contributed by atoms with van der Waals surface area (Å²) in [7, 11) is 1.59. The number of rotatable bonds is 4. The average molecular weight is 272 g/mol. The van der Waals surface area contributed by atoms with Crippen LogP contribution in [0.2, 0.25) is 0 Å². The molecule has 0 bridgehead atoms. The van der Waals surface area contributed by atoms with E-state index in [9.17, 15) is 9.59 Å². The van der Waals surface area contributed by atoms with Gasteiger partial charge in [-0.05, 0) is 19.1 Å². The Bertz CT molecular complexity index is 644. The first-order chi connectivity index (χ1) is 9.61. The fourth-order valence-electron chi connectivity index (χ4n) is 1.93. The lowest BCUT2D eigenvalue weighted by molar-refractivity contribution is 0.0939. The summed E-state index contributed by atoms with van der Waals surface area (Å²) in [4.78, 5) is 25.5. The summed E-state index contributed by atoms with van der Waals surface area (Å²) in [5.74, 6) is 0.474. The number of aromatic nitrogens is 1. The minimum Gasteiger partial charge on any atom is -0.496 e. The zero-order valence-corrected chi connectivity index (χ0v) is 11.3. The molecule has 2 aromatic rings. The Hall–Kier alpha value is -2.56. The normalized spacial score (nSPS) is 11.7. The van der Waals surface area contributed by atoms with Crippen LogP contribution in [0.5, 0.6) is 5.75 Å². The van der Waals surface area contributed by atoms with E-state index in [4.69, 9.17) is 4.74 Å². The lowest BCUT2D eigenvalue weighted by Gasteiger charge is -2.17. The van der Waals surface area contributed by atoms with Gasteiger partial charge in [0.25, 0.3) is 5.91 Å². The number of H-pyrrole nitrogens is 1. The van der Waals surface area contributed by atoms with Crippen LogP contribution in [-0.2, 0) is 0 Å². The molecule has 0 fully saturated rings. The molecule has 0 spiro atoms. The molecule has 1 amide bonds. The van der Waals surface area contributed by atoms with Gasteiger partial charge in [-0.15, -0.1) is 0 Å². The standard InChI is InChI=1S/C15H16N2O3/c1-10(12-5-3-4-6-13(12)20-2)17-15(19)11-7-8-14(18)16-9-11/h3-10H,1-2H3,(H,16,18)(H,17,19)/t10-/m1/s1. The summed E-state index contributed by atoms with van der Waals surface area (Å²) >= 11 is 0. The molecule has 104 valence electrons. The zero-order valence-electron chi connectivity index (χ0n) is 11.3. The van der Waals surface area contributed by atoms with E-state index in [1.165, 1.54) is 18.3 Å². The number of carbonyl (C=O) groups is 1. The van der Waals surface area contributed by atoms with Crippen molar-refractivity contribution < 1.29 is 9.53 Å². The molecule has 0 aliphatic carbocycles. The topological polar surface area (TPSA) is 71.2 Å². The third-order valence-electron chi connectivity index (χ3n) is 3.00. The SMILES string of the molecule is COc1ccccc1[C@@H](C)NC(=O)c1ccc(=O)[nH]c1. The van der Waals surface area contributed by atoms with Gasteiger partial charge in [-0.1, -0.05) is 18.2 Å². The van der Waals surface area contributed by atoms with E-state index in [0.29, 0.717) is 5.56 Å². The number of hydrogen-bond donors (Lipinski definition) is 2. The lowest BCUT2D eigenvalue weighted by Crippen LogP contribution is -2.27. The second-order valence-corrected chi connectivity index (χ2v) is 4.38. The summed E-state index contributed by atoms with van der Waals surface area (Å²) in [6, 6.07) is 10.1. The van der Waals surface area contributed by atoms with Crippen molar-refractivity contribution in [3.8, 4) is 5.75 Å². The predicted molar refractivity (Wildman–Crippen MR) is 75.9 cm³/mol. The molecule has 0 aliphatic rings. The largest absolute Gasteiger partial charge is 0.496 e. The van der Waals surface area contributed by atoms with Gasteiger partial charge in [0.1, 0.15) is 5.75 Å². The Morgan fingerprint density at radius 2 is 2.00 bits per heavy atom. The van der Waals surface area contributed by atoms with Crippen molar-refractivity contribution in [3.63, 3.8) is 0 Å². The second-order valence-electron chi connectivity index (χ2n) is 4.38. The Kier molecular flexibility index (Phi) is 4.20. The molecular weight excluding hydrogens is 256 g/mol. The first-order valence-electron chi connectivity index (χ1n) is 6.24. The number of para-hydroxylation sites is 1. The van der Waals surface area contributed by atoms with Crippen LogP contribution in [0, 0.1) is 0 Å². The second kappa shape index (κ2) is 6.06. The monoisotopic (exact) mass is 272 g/mol.